The minimum absolute atomic E-state index is 0.167. The van der Waals surface area contributed by atoms with Crippen LogP contribution in [0.15, 0.2) is 30.5 Å². The lowest BCUT2D eigenvalue weighted by molar-refractivity contribution is 0.111. The highest BCUT2D eigenvalue weighted by molar-refractivity contribution is 5.85. The summed E-state index contributed by atoms with van der Waals surface area (Å²) in [4.78, 5) is 10.6. The first-order valence-electron chi connectivity index (χ1n) is 4.09. The maximum Gasteiger partial charge on any atom is 0.168 e. The van der Waals surface area contributed by atoms with Crippen LogP contribution in [0.1, 0.15) is 10.5 Å². The van der Waals surface area contributed by atoms with E-state index < -0.39 is 0 Å². The van der Waals surface area contributed by atoms with Gasteiger partial charge in [-0.25, -0.2) is 0 Å². The molecule has 1 aromatic carbocycles. The number of hydrogen-bond donors (Lipinski definition) is 2. The Bertz CT molecular complexity index is 463. The molecule has 2 aromatic rings. The summed E-state index contributed by atoms with van der Waals surface area (Å²) < 4.78 is 0. The summed E-state index contributed by atoms with van der Waals surface area (Å²) in [5.41, 5.74) is 1.87. The molecular formula is C10H8N2O2. The van der Waals surface area contributed by atoms with Gasteiger partial charge in [0, 0.05) is 5.56 Å². The van der Waals surface area contributed by atoms with Gasteiger partial charge in [-0.15, -0.1) is 0 Å². The number of nitrogens with zero attached hydrogens (tertiary/aromatic N) is 1. The maximum atomic E-state index is 10.6. The number of phenolic OH excluding ortho intramolecular Hbond substituents is 1. The van der Waals surface area contributed by atoms with E-state index in [9.17, 15) is 9.90 Å². The number of carbonyl (C=O) groups is 1. The quantitative estimate of drug-likeness (QED) is 0.703. The van der Waals surface area contributed by atoms with Gasteiger partial charge in [-0.3, -0.25) is 9.89 Å². The first-order valence-corrected chi connectivity index (χ1v) is 4.09. The van der Waals surface area contributed by atoms with Crippen LogP contribution in [0, 0.1) is 0 Å². The number of benzene rings is 1. The molecule has 1 aromatic heterocycles. The van der Waals surface area contributed by atoms with Crippen molar-refractivity contribution in [2.24, 2.45) is 0 Å². The molecular weight excluding hydrogens is 180 g/mol. The van der Waals surface area contributed by atoms with Crippen molar-refractivity contribution in [3.8, 4) is 16.9 Å². The highest BCUT2D eigenvalue weighted by Gasteiger charge is 2.06. The SMILES string of the molecule is O=Cc1[nH]ncc1-c1cccc(O)c1. The summed E-state index contributed by atoms with van der Waals surface area (Å²) >= 11 is 0. The predicted octanol–water partition coefficient (Wildman–Crippen LogP) is 1.59. The van der Waals surface area contributed by atoms with Crippen LogP contribution in [0.5, 0.6) is 5.75 Å². The highest BCUT2D eigenvalue weighted by atomic mass is 16.3. The molecule has 0 radical (unpaired) electrons. The molecule has 0 saturated carbocycles. The second kappa shape index (κ2) is 3.33. The summed E-state index contributed by atoms with van der Waals surface area (Å²) in [6, 6.07) is 6.67. The minimum atomic E-state index is 0.167. The molecule has 4 heteroatoms. The summed E-state index contributed by atoms with van der Waals surface area (Å²) in [6.45, 7) is 0. The zero-order valence-electron chi connectivity index (χ0n) is 7.27. The van der Waals surface area contributed by atoms with Gasteiger partial charge in [0.1, 0.15) is 11.4 Å². The van der Waals surface area contributed by atoms with Crippen molar-refractivity contribution in [3.05, 3.63) is 36.2 Å². The van der Waals surface area contributed by atoms with Crippen molar-refractivity contribution < 1.29 is 9.90 Å². The maximum absolute atomic E-state index is 10.6. The minimum Gasteiger partial charge on any atom is -0.508 e. The van der Waals surface area contributed by atoms with E-state index in [-0.39, 0.29) is 5.75 Å². The Hall–Kier alpha value is -2.10. The monoisotopic (exact) mass is 188 g/mol. The lowest BCUT2D eigenvalue weighted by atomic mass is 10.1. The third-order valence-corrected chi connectivity index (χ3v) is 1.94. The highest BCUT2D eigenvalue weighted by Crippen LogP contribution is 2.24. The fourth-order valence-corrected chi connectivity index (χ4v) is 1.29. The third-order valence-electron chi connectivity index (χ3n) is 1.94. The van der Waals surface area contributed by atoms with Crippen LogP contribution >= 0.6 is 0 Å². The standard InChI is InChI=1S/C10H8N2O2/c13-6-10-9(5-11-12-10)7-2-1-3-8(14)4-7/h1-6,14H,(H,11,12). The molecule has 0 bridgehead atoms. The van der Waals surface area contributed by atoms with Crippen LogP contribution in [-0.2, 0) is 0 Å². The second-order valence-electron chi connectivity index (χ2n) is 2.87. The summed E-state index contributed by atoms with van der Waals surface area (Å²) in [5, 5.41) is 15.6. The zero-order valence-corrected chi connectivity index (χ0v) is 7.27. The van der Waals surface area contributed by atoms with Crippen molar-refractivity contribution in [2.45, 2.75) is 0 Å². The van der Waals surface area contributed by atoms with Gasteiger partial charge in [-0.2, -0.15) is 5.10 Å². The zero-order chi connectivity index (χ0) is 9.97. The smallest absolute Gasteiger partial charge is 0.168 e. The molecule has 70 valence electrons. The van der Waals surface area contributed by atoms with Crippen molar-refractivity contribution in [1.29, 1.82) is 0 Å². The Labute approximate surface area is 80.2 Å². The van der Waals surface area contributed by atoms with Crippen molar-refractivity contribution >= 4 is 6.29 Å². The number of nitrogens with one attached hydrogen (secondary N) is 1. The lowest BCUT2D eigenvalue weighted by Gasteiger charge is -1.98. The van der Waals surface area contributed by atoms with E-state index in [0.29, 0.717) is 17.5 Å². The number of hydrogen-bond acceptors (Lipinski definition) is 3. The van der Waals surface area contributed by atoms with Crippen molar-refractivity contribution in [3.63, 3.8) is 0 Å². The van der Waals surface area contributed by atoms with E-state index >= 15 is 0 Å². The molecule has 1 heterocycles. The van der Waals surface area contributed by atoms with Crippen LogP contribution in [-0.4, -0.2) is 21.6 Å². The average molecular weight is 188 g/mol. The topological polar surface area (TPSA) is 66.0 Å². The molecule has 0 unspecified atom stereocenters. The summed E-state index contributed by atoms with van der Waals surface area (Å²) in [7, 11) is 0. The predicted molar refractivity (Wildman–Crippen MR) is 51.1 cm³/mol. The van der Waals surface area contributed by atoms with Gasteiger partial charge in [0.05, 0.1) is 6.20 Å². The molecule has 0 atom stereocenters. The van der Waals surface area contributed by atoms with Crippen LogP contribution in [0.3, 0.4) is 0 Å². The van der Waals surface area contributed by atoms with Gasteiger partial charge in [-0.1, -0.05) is 12.1 Å². The van der Waals surface area contributed by atoms with Gasteiger partial charge in [0.2, 0.25) is 0 Å². The van der Waals surface area contributed by atoms with Crippen molar-refractivity contribution in [1.82, 2.24) is 10.2 Å². The Morgan fingerprint density at radius 3 is 3.00 bits per heavy atom. The Morgan fingerprint density at radius 1 is 1.43 bits per heavy atom. The molecule has 0 saturated heterocycles. The normalized spacial score (nSPS) is 10.0. The number of aromatic amines is 1. The second-order valence-corrected chi connectivity index (χ2v) is 2.87. The third kappa shape index (κ3) is 1.37. The van der Waals surface area contributed by atoms with E-state index in [1.807, 2.05) is 0 Å². The molecule has 2 rings (SSSR count). The number of rotatable bonds is 2. The number of aldehydes is 1. The molecule has 0 aliphatic heterocycles. The largest absolute Gasteiger partial charge is 0.508 e. The van der Waals surface area contributed by atoms with E-state index in [1.165, 1.54) is 0 Å². The van der Waals surface area contributed by atoms with E-state index in [4.69, 9.17) is 0 Å². The molecule has 2 N–H and O–H groups in total. The van der Waals surface area contributed by atoms with Gasteiger partial charge >= 0.3 is 0 Å². The van der Waals surface area contributed by atoms with Gasteiger partial charge in [0.25, 0.3) is 0 Å². The first kappa shape index (κ1) is 8.50. The molecule has 0 fully saturated rings. The molecule has 4 nitrogen and oxygen atoms in total. The van der Waals surface area contributed by atoms with E-state index in [2.05, 4.69) is 10.2 Å². The fourth-order valence-electron chi connectivity index (χ4n) is 1.29. The molecule has 0 aliphatic rings. The van der Waals surface area contributed by atoms with Gasteiger partial charge in [-0.05, 0) is 17.7 Å². The Balaban J connectivity index is 2.54. The number of H-pyrrole nitrogens is 1. The van der Waals surface area contributed by atoms with Crippen LogP contribution in [0.4, 0.5) is 0 Å². The lowest BCUT2D eigenvalue weighted by Crippen LogP contribution is -1.83. The van der Waals surface area contributed by atoms with Crippen LogP contribution < -0.4 is 0 Å². The molecule has 0 amide bonds. The Morgan fingerprint density at radius 2 is 2.29 bits per heavy atom. The average Bonchev–Trinajstić information content (AvgIpc) is 2.65. The molecule has 14 heavy (non-hydrogen) atoms. The number of carbonyl (C=O) groups excluding carboxylic acids is 1. The van der Waals surface area contributed by atoms with Gasteiger partial charge < -0.3 is 5.11 Å². The number of aromatic nitrogens is 2. The number of aromatic hydroxyl groups is 1. The summed E-state index contributed by atoms with van der Waals surface area (Å²) in [6.07, 6.45) is 2.25. The van der Waals surface area contributed by atoms with E-state index in [1.54, 1.807) is 30.5 Å². The molecule has 0 aliphatic carbocycles. The van der Waals surface area contributed by atoms with E-state index in [0.717, 1.165) is 5.56 Å². The number of phenols is 1. The first-order chi connectivity index (χ1) is 6.81. The Kier molecular flexibility index (Phi) is 2.02. The van der Waals surface area contributed by atoms with Crippen molar-refractivity contribution in [2.75, 3.05) is 0 Å². The molecule has 0 spiro atoms. The van der Waals surface area contributed by atoms with Crippen LogP contribution in [0.25, 0.3) is 11.1 Å². The summed E-state index contributed by atoms with van der Waals surface area (Å²) in [5.74, 6) is 0.167. The van der Waals surface area contributed by atoms with Gasteiger partial charge in [0.15, 0.2) is 6.29 Å². The van der Waals surface area contributed by atoms with Crippen LogP contribution in [0.2, 0.25) is 0 Å². The fraction of sp³-hybridized carbons (Fsp3) is 0.